The molecule has 0 aliphatic carbocycles. The van der Waals surface area contributed by atoms with E-state index < -0.39 is 0 Å². The molecule has 0 atom stereocenters. The fourth-order valence-electron chi connectivity index (χ4n) is 1.08. The van der Waals surface area contributed by atoms with Crippen molar-refractivity contribution >= 4 is 18.0 Å². The number of benzene rings is 1. The number of hydrogen-bond acceptors (Lipinski definition) is 2. The SMILES string of the molecule is CCN(C=O)NCc1ccc(F)cc1Cl. The van der Waals surface area contributed by atoms with E-state index in [0.717, 1.165) is 5.56 Å². The largest absolute Gasteiger partial charge is 0.281 e. The minimum atomic E-state index is -0.369. The van der Waals surface area contributed by atoms with Gasteiger partial charge in [0.1, 0.15) is 5.82 Å². The van der Waals surface area contributed by atoms with E-state index >= 15 is 0 Å². The highest BCUT2D eigenvalue weighted by Crippen LogP contribution is 2.16. The number of carbonyl (C=O) groups excluding carboxylic acids is 1. The number of halogens is 2. The molecule has 0 radical (unpaired) electrons. The second-order valence-corrected chi connectivity index (χ2v) is 3.37. The molecule has 0 heterocycles. The second kappa shape index (κ2) is 5.68. The number of rotatable bonds is 5. The third kappa shape index (κ3) is 3.49. The van der Waals surface area contributed by atoms with Gasteiger partial charge < -0.3 is 0 Å². The van der Waals surface area contributed by atoms with Crippen LogP contribution in [0.1, 0.15) is 12.5 Å². The van der Waals surface area contributed by atoms with Gasteiger partial charge in [-0.15, -0.1) is 0 Å². The van der Waals surface area contributed by atoms with Gasteiger partial charge in [0.25, 0.3) is 0 Å². The molecule has 82 valence electrons. The van der Waals surface area contributed by atoms with Gasteiger partial charge >= 0.3 is 0 Å². The maximum Gasteiger partial charge on any atom is 0.223 e. The van der Waals surface area contributed by atoms with Crippen molar-refractivity contribution in [3.05, 3.63) is 34.6 Å². The summed E-state index contributed by atoms with van der Waals surface area (Å²) in [5.41, 5.74) is 3.60. The summed E-state index contributed by atoms with van der Waals surface area (Å²) in [5, 5.41) is 1.74. The number of nitrogens with zero attached hydrogens (tertiary/aromatic N) is 1. The average Bonchev–Trinajstić information content (AvgIpc) is 2.22. The number of hydrogen-bond donors (Lipinski definition) is 1. The second-order valence-electron chi connectivity index (χ2n) is 2.96. The molecule has 0 bridgehead atoms. The lowest BCUT2D eigenvalue weighted by Gasteiger charge is -2.16. The van der Waals surface area contributed by atoms with Crippen molar-refractivity contribution in [1.29, 1.82) is 0 Å². The van der Waals surface area contributed by atoms with E-state index in [4.69, 9.17) is 11.6 Å². The summed E-state index contributed by atoms with van der Waals surface area (Å²) in [4.78, 5) is 10.5. The molecular weight excluding hydrogens is 219 g/mol. The van der Waals surface area contributed by atoms with Crippen LogP contribution in [0.15, 0.2) is 18.2 Å². The van der Waals surface area contributed by atoms with Crippen LogP contribution in [0.4, 0.5) is 4.39 Å². The maximum atomic E-state index is 12.7. The fraction of sp³-hybridized carbons (Fsp3) is 0.300. The van der Waals surface area contributed by atoms with Crippen molar-refractivity contribution in [2.45, 2.75) is 13.5 Å². The molecule has 3 nitrogen and oxygen atoms in total. The van der Waals surface area contributed by atoms with Gasteiger partial charge in [0, 0.05) is 18.1 Å². The van der Waals surface area contributed by atoms with Crippen molar-refractivity contribution in [1.82, 2.24) is 10.4 Å². The van der Waals surface area contributed by atoms with E-state index in [0.29, 0.717) is 24.5 Å². The summed E-state index contributed by atoms with van der Waals surface area (Å²) in [5.74, 6) is -0.369. The Morgan fingerprint density at radius 3 is 2.87 bits per heavy atom. The number of carbonyl (C=O) groups is 1. The molecule has 0 aliphatic rings. The molecule has 1 amide bonds. The van der Waals surface area contributed by atoms with Crippen molar-refractivity contribution in [3.63, 3.8) is 0 Å². The summed E-state index contributed by atoms with van der Waals surface area (Å²) < 4.78 is 12.7. The van der Waals surface area contributed by atoms with Gasteiger partial charge in [-0.1, -0.05) is 17.7 Å². The van der Waals surface area contributed by atoms with Gasteiger partial charge in [-0.2, -0.15) is 0 Å². The Kier molecular flexibility index (Phi) is 4.52. The summed E-state index contributed by atoms with van der Waals surface area (Å²) in [7, 11) is 0. The Hall–Kier alpha value is -1.13. The molecule has 15 heavy (non-hydrogen) atoms. The Balaban J connectivity index is 2.61. The van der Waals surface area contributed by atoms with Crippen LogP contribution in [0, 0.1) is 5.82 Å². The van der Waals surface area contributed by atoms with Crippen LogP contribution in [-0.4, -0.2) is 18.0 Å². The third-order valence-corrected chi connectivity index (χ3v) is 2.31. The highest BCUT2D eigenvalue weighted by Gasteiger charge is 2.03. The van der Waals surface area contributed by atoms with Crippen LogP contribution in [0.2, 0.25) is 5.02 Å². The van der Waals surface area contributed by atoms with Gasteiger partial charge in [-0.05, 0) is 24.6 Å². The Bertz CT molecular complexity index is 346. The van der Waals surface area contributed by atoms with E-state index in [1.165, 1.54) is 17.1 Å². The van der Waals surface area contributed by atoms with Crippen LogP contribution >= 0.6 is 11.6 Å². The normalized spacial score (nSPS) is 10.1. The fourth-order valence-corrected chi connectivity index (χ4v) is 1.31. The first kappa shape index (κ1) is 11.9. The Labute approximate surface area is 92.8 Å². The Morgan fingerprint density at radius 2 is 2.33 bits per heavy atom. The first-order chi connectivity index (χ1) is 7.17. The molecule has 0 spiro atoms. The van der Waals surface area contributed by atoms with Crippen molar-refractivity contribution < 1.29 is 9.18 Å². The average molecular weight is 231 g/mol. The van der Waals surface area contributed by atoms with Crippen molar-refractivity contribution in [3.8, 4) is 0 Å². The minimum absolute atomic E-state index is 0.351. The van der Waals surface area contributed by atoms with Gasteiger partial charge in [-0.25, -0.2) is 9.82 Å². The quantitative estimate of drug-likeness (QED) is 0.620. The van der Waals surface area contributed by atoms with E-state index in [1.54, 1.807) is 6.07 Å². The Morgan fingerprint density at radius 1 is 1.60 bits per heavy atom. The predicted molar refractivity (Wildman–Crippen MR) is 56.7 cm³/mol. The topological polar surface area (TPSA) is 32.3 Å². The highest BCUT2D eigenvalue weighted by molar-refractivity contribution is 6.31. The molecular formula is C10H12ClFN2O. The third-order valence-electron chi connectivity index (χ3n) is 1.96. The summed E-state index contributed by atoms with van der Waals surface area (Å²) in [6, 6.07) is 4.17. The molecule has 0 aromatic heterocycles. The van der Waals surface area contributed by atoms with Crippen LogP contribution in [-0.2, 0) is 11.3 Å². The van der Waals surface area contributed by atoms with E-state index in [9.17, 15) is 9.18 Å². The molecule has 1 rings (SSSR count). The smallest absolute Gasteiger partial charge is 0.223 e. The summed E-state index contributed by atoms with van der Waals surface area (Å²) in [6.07, 6.45) is 0.692. The van der Waals surface area contributed by atoms with E-state index in [-0.39, 0.29) is 5.82 Å². The molecule has 0 fully saturated rings. The first-order valence-electron chi connectivity index (χ1n) is 4.56. The van der Waals surface area contributed by atoms with Crippen LogP contribution in [0.5, 0.6) is 0 Å². The molecule has 0 saturated heterocycles. The van der Waals surface area contributed by atoms with Gasteiger partial charge in [0.05, 0.1) is 0 Å². The first-order valence-corrected chi connectivity index (χ1v) is 4.94. The molecule has 5 heteroatoms. The predicted octanol–water partition coefficient (Wildman–Crippen LogP) is 1.96. The van der Waals surface area contributed by atoms with Gasteiger partial charge in [-0.3, -0.25) is 9.80 Å². The maximum absolute atomic E-state index is 12.7. The monoisotopic (exact) mass is 230 g/mol. The lowest BCUT2D eigenvalue weighted by Crippen LogP contribution is -2.36. The van der Waals surface area contributed by atoms with Crippen LogP contribution in [0.3, 0.4) is 0 Å². The van der Waals surface area contributed by atoms with Gasteiger partial charge in [0.15, 0.2) is 0 Å². The van der Waals surface area contributed by atoms with E-state index in [2.05, 4.69) is 5.43 Å². The minimum Gasteiger partial charge on any atom is -0.281 e. The molecule has 1 N–H and O–H groups in total. The van der Waals surface area contributed by atoms with Gasteiger partial charge in [0.2, 0.25) is 6.41 Å². The lowest BCUT2D eigenvalue weighted by atomic mass is 10.2. The summed E-state index contributed by atoms with van der Waals surface area (Å²) >= 11 is 5.81. The molecule has 0 saturated carbocycles. The van der Waals surface area contributed by atoms with Crippen molar-refractivity contribution in [2.24, 2.45) is 0 Å². The number of hydrazine groups is 1. The molecule has 0 aliphatic heterocycles. The van der Waals surface area contributed by atoms with Crippen LogP contribution in [0.25, 0.3) is 0 Å². The van der Waals surface area contributed by atoms with Crippen LogP contribution < -0.4 is 5.43 Å². The van der Waals surface area contributed by atoms with E-state index in [1.807, 2.05) is 6.92 Å². The standard InChI is InChI=1S/C10H12ClFN2O/c1-2-14(7-15)13-6-8-3-4-9(12)5-10(8)11/h3-5,7,13H,2,6H2,1H3. The summed E-state index contributed by atoms with van der Waals surface area (Å²) in [6.45, 7) is 2.79. The lowest BCUT2D eigenvalue weighted by molar-refractivity contribution is -0.120. The molecule has 0 unspecified atom stereocenters. The van der Waals surface area contributed by atoms with Crippen molar-refractivity contribution in [2.75, 3.05) is 6.54 Å². The molecule has 1 aromatic carbocycles. The highest BCUT2D eigenvalue weighted by atomic mass is 35.5. The number of amides is 1. The zero-order valence-corrected chi connectivity index (χ0v) is 9.09. The number of nitrogens with one attached hydrogen (secondary N) is 1. The zero-order valence-electron chi connectivity index (χ0n) is 8.34. The zero-order chi connectivity index (χ0) is 11.3. The molecule has 1 aromatic rings.